The molecule has 136 valence electrons. The second-order valence-corrected chi connectivity index (χ2v) is 6.39. The number of halogens is 2. The average molecular weight is 358 g/mol. The minimum atomic E-state index is -0.758. The maximum atomic E-state index is 13.9. The Morgan fingerprint density at radius 1 is 1.00 bits per heavy atom. The van der Waals surface area contributed by atoms with Gasteiger partial charge in [0.25, 0.3) is 0 Å². The SMILES string of the molecule is C[C@@H]1C(=O)N(CCc2ccccc2)CC(=O)N1Cc1c(F)cccc1F. The molecule has 26 heavy (non-hydrogen) atoms. The lowest BCUT2D eigenvalue weighted by Crippen LogP contribution is -2.58. The Bertz CT molecular complexity index is 790. The van der Waals surface area contributed by atoms with Crippen LogP contribution in [0, 0.1) is 11.6 Å². The van der Waals surface area contributed by atoms with E-state index in [1.807, 2.05) is 30.3 Å². The summed E-state index contributed by atoms with van der Waals surface area (Å²) in [5.74, 6) is -1.96. The fraction of sp³-hybridized carbons (Fsp3) is 0.300. The van der Waals surface area contributed by atoms with Gasteiger partial charge in [-0.25, -0.2) is 8.78 Å². The fourth-order valence-electron chi connectivity index (χ4n) is 3.12. The van der Waals surface area contributed by atoms with Crippen LogP contribution >= 0.6 is 0 Å². The molecule has 2 aromatic carbocycles. The van der Waals surface area contributed by atoms with Crippen molar-refractivity contribution in [1.29, 1.82) is 0 Å². The molecule has 1 fully saturated rings. The van der Waals surface area contributed by atoms with Gasteiger partial charge in [0.05, 0.1) is 13.1 Å². The number of carbonyl (C=O) groups is 2. The fourth-order valence-corrected chi connectivity index (χ4v) is 3.12. The molecule has 0 radical (unpaired) electrons. The Morgan fingerprint density at radius 2 is 1.65 bits per heavy atom. The molecule has 0 aromatic heterocycles. The summed E-state index contributed by atoms with van der Waals surface area (Å²) in [6.07, 6.45) is 0.647. The van der Waals surface area contributed by atoms with Gasteiger partial charge >= 0.3 is 0 Å². The highest BCUT2D eigenvalue weighted by atomic mass is 19.1. The van der Waals surface area contributed by atoms with Crippen molar-refractivity contribution in [3.8, 4) is 0 Å². The van der Waals surface area contributed by atoms with Gasteiger partial charge in [-0.2, -0.15) is 0 Å². The number of piperazine rings is 1. The highest BCUT2D eigenvalue weighted by Gasteiger charge is 2.36. The number of carbonyl (C=O) groups excluding carboxylic acids is 2. The lowest BCUT2D eigenvalue weighted by atomic mass is 10.1. The van der Waals surface area contributed by atoms with Crippen LogP contribution in [0.5, 0.6) is 0 Å². The van der Waals surface area contributed by atoms with E-state index < -0.39 is 17.7 Å². The first kappa shape index (κ1) is 18.0. The molecule has 0 unspecified atom stereocenters. The second kappa shape index (κ2) is 7.64. The number of hydrogen-bond acceptors (Lipinski definition) is 2. The van der Waals surface area contributed by atoms with Gasteiger partial charge in [-0.1, -0.05) is 36.4 Å². The third-order valence-electron chi connectivity index (χ3n) is 4.69. The maximum absolute atomic E-state index is 13.9. The third-order valence-corrected chi connectivity index (χ3v) is 4.69. The molecular weight excluding hydrogens is 338 g/mol. The molecule has 1 aliphatic heterocycles. The summed E-state index contributed by atoms with van der Waals surface area (Å²) in [5.41, 5.74) is 0.884. The monoisotopic (exact) mass is 358 g/mol. The van der Waals surface area contributed by atoms with Gasteiger partial charge in [0, 0.05) is 12.1 Å². The number of benzene rings is 2. The van der Waals surface area contributed by atoms with Crippen LogP contribution in [-0.4, -0.2) is 40.7 Å². The first-order valence-corrected chi connectivity index (χ1v) is 8.52. The molecule has 6 heteroatoms. The molecular formula is C20H20F2N2O2. The maximum Gasteiger partial charge on any atom is 0.245 e. The third kappa shape index (κ3) is 3.74. The van der Waals surface area contributed by atoms with Gasteiger partial charge in [0.15, 0.2) is 0 Å². The van der Waals surface area contributed by atoms with Crippen molar-refractivity contribution < 1.29 is 18.4 Å². The quantitative estimate of drug-likeness (QED) is 0.825. The van der Waals surface area contributed by atoms with E-state index in [2.05, 4.69) is 0 Å². The molecule has 1 aliphatic rings. The average Bonchev–Trinajstić information content (AvgIpc) is 2.63. The smallest absolute Gasteiger partial charge is 0.245 e. The molecule has 0 bridgehead atoms. The van der Waals surface area contributed by atoms with E-state index in [0.29, 0.717) is 13.0 Å². The summed E-state index contributed by atoms with van der Waals surface area (Å²) in [6, 6.07) is 12.5. The predicted molar refractivity (Wildman–Crippen MR) is 93.1 cm³/mol. The summed E-state index contributed by atoms with van der Waals surface area (Å²) < 4.78 is 27.7. The summed E-state index contributed by atoms with van der Waals surface area (Å²) in [4.78, 5) is 27.8. The van der Waals surface area contributed by atoms with Crippen LogP contribution in [0.1, 0.15) is 18.1 Å². The molecule has 1 heterocycles. The largest absolute Gasteiger partial charge is 0.331 e. The zero-order valence-electron chi connectivity index (χ0n) is 14.5. The van der Waals surface area contributed by atoms with Gasteiger partial charge in [-0.15, -0.1) is 0 Å². The predicted octanol–water partition coefficient (Wildman–Crippen LogP) is 2.77. The Kier molecular flexibility index (Phi) is 5.30. The van der Waals surface area contributed by atoms with Crippen LogP contribution in [-0.2, 0) is 22.6 Å². The number of hydrogen-bond donors (Lipinski definition) is 0. The number of nitrogens with zero attached hydrogens (tertiary/aromatic N) is 2. The van der Waals surface area contributed by atoms with Crippen molar-refractivity contribution in [1.82, 2.24) is 9.80 Å². The van der Waals surface area contributed by atoms with Crippen molar-refractivity contribution in [3.63, 3.8) is 0 Å². The highest BCUT2D eigenvalue weighted by Crippen LogP contribution is 2.20. The van der Waals surface area contributed by atoms with E-state index >= 15 is 0 Å². The number of amides is 2. The Morgan fingerprint density at radius 3 is 2.31 bits per heavy atom. The zero-order valence-corrected chi connectivity index (χ0v) is 14.5. The van der Waals surface area contributed by atoms with Crippen LogP contribution in [0.4, 0.5) is 8.78 Å². The minimum Gasteiger partial charge on any atom is -0.331 e. The van der Waals surface area contributed by atoms with Gasteiger partial charge < -0.3 is 9.80 Å². The molecule has 2 amide bonds. The lowest BCUT2D eigenvalue weighted by molar-refractivity contribution is -0.155. The standard InChI is InChI=1S/C20H20F2N2O2/c1-14-20(26)23(11-10-15-6-3-2-4-7-15)13-19(25)24(14)12-16-17(21)8-5-9-18(16)22/h2-9,14H,10-13H2,1H3/t14-/m1/s1. The van der Waals surface area contributed by atoms with Crippen molar-refractivity contribution in [2.45, 2.75) is 25.9 Å². The second-order valence-electron chi connectivity index (χ2n) is 6.39. The Hall–Kier alpha value is -2.76. The topological polar surface area (TPSA) is 40.6 Å². The van der Waals surface area contributed by atoms with E-state index in [1.165, 1.54) is 15.9 Å². The van der Waals surface area contributed by atoms with Gasteiger partial charge in [0.1, 0.15) is 17.7 Å². The van der Waals surface area contributed by atoms with E-state index in [-0.39, 0.29) is 30.5 Å². The van der Waals surface area contributed by atoms with E-state index in [4.69, 9.17) is 0 Å². The molecule has 0 N–H and O–H groups in total. The summed E-state index contributed by atoms with van der Waals surface area (Å²) in [6.45, 7) is 1.69. The van der Waals surface area contributed by atoms with Crippen LogP contribution in [0.3, 0.4) is 0 Å². The van der Waals surface area contributed by atoms with Crippen LogP contribution in [0.2, 0.25) is 0 Å². The normalized spacial score (nSPS) is 17.7. The highest BCUT2D eigenvalue weighted by molar-refractivity contribution is 5.94. The summed E-state index contributed by atoms with van der Waals surface area (Å²) in [7, 11) is 0. The van der Waals surface area contributed by atoms with E-state index in [0.717, 1.165) is 17.7 Å². The van der Waals surface area contributed by atoms with Crippen molar-refractivity contribution in [2.24, 2.45) is 0 Å². The Labute approximate surface area is 151 Å². The van der Waals surface area contributed by atoms with E-state index in [1.54, 1.807) is 6.92 Å². The van der Waals surface area contributed by atoms with Crippen LogP contribution in [0.25, 0.3) is 0 Å². The minimum absolute atomic E-state index is 0.0773. The first-order valence-electron chi connectivity index (χ1n) is 8.52. The Balaban J connectivity index is 1.69. The van der Waals surface area contributed by atoms with Crippen LogP contribution in [0.15, 0.2) is 48.5 Å². The van der Waals surface area contributed by atoms with Crippen LogP contribution < -0.4 is 0 Å². The zero-order chi connectivity index (χ0) is 18.7. The molecule has 0 spiro atoms. The van der Waals surface area contributed by atoms with Crippen molar-refractivity contribution >= 4 is 11.8 Å². The van der Waals surface area contributed by atoms with Gasteiger partial charge in [0.2, 0.25) is 11.8 Å². The van der Waals surface area contributed by atoms with Gasteiger partial charge in [-0.05, 0) is 31.0 Å². The molecule has 3 rings (SSSR count). The van der Waals surface area contributed by atoms with Crippen molar-refractivity contribution in [3.05, 3.63) is 71.3 Å². The summed E-state index contributed by atoms with van der Waals surface area (Å²) >= 11 is 0. The van der Waals surface area contributed by atoms with Gasteiger partial charge in [-0.3, -0.25) is 9.59 Å². The molecule has 0 aliphatic carbocycles. The molecule has 1 saturated heterocycles. The molecule has 2 aromatic rings. The number of rotatable bonds is 5. The molecule has 1 atom stereocenters. The first-order chi connectivity index (χ1) is 12.5. The molecule has 4 nitrogen and oxygen atoms in total. The van der Waals surface area contributed by atoms with Crippen molar-refractivity contribution in [2.75, 3.05) is 13.1 Å². The summed E-state index contributed by atoms with van der Waals surface area (Å²) in [5, 5.41) is 0. The molecule has 0 saturated carbocycles. The lowest BCUT2D eigenvalue weighted by Gasteiger charge is -2.39. The van der Waals surface area contributed by atoms with E-state index in [9.17, 15) is 18.4 Å².